The molecule has 2 nitrogen and oxygen atoms in total. The zero-order chi connectivity index (χ0) is 31.4. The van der Waals surface area contributed by atoms with Crippen LogP contribution in [-0.2, 0) is 29.4 Å². The van der Waals surface area contributed by atoms with Crippen molar-refractivity contribution in [3.8, 4) is 0 Å². The maximum absolute atomic E-state index is 13.7. The van der Waals surface area contributed by atoms with Crippen LogP contribution in [-0.4, -0.2) is 18.5 Å². The molecule has 4 rings (SSSR count). The van der Waals surface area contributed by atoms with Crippen LogP contribution in [0.2, 0.25) is 0 Å². The predicted octanol–water partition coefficient (Wildman–Crippen LogP) is 8.86. The van der Waals surface area contributed by atoms with Crippen molar-refractivity contribution in [2.75, 3.05) is 6.61 Å². The lowest BCUT2D eigenvalue weighted by molar-refractivity contribution is -0.144. The normalized spacial score (nSPS) is 18.4. The molecule has 0 bridgehead atoms. The fraction of sp³-hybridized carbons (Fsp3) is 0.370. The summed E-state index contributed by atoms with van der Waals surface area (Å²) in [6.07, 6.45) is -18.6. The summed E-state index contributed by atoms with van der Waals surface area (Å²) >= 11 is 0. The van der Waals surface area contributed by atoms with Gasteiger partial charge in [-0.1, -0.05) is 26.0 Å². The number of alkyl halides is 12. The minimum atomic E-state index is -5.31. The van der Waals surface area contributed by atoms with Crippen molar-refractivity contribution in [3.63, 3.8) is 0 Å². The van der Waals surface area contributed by atoms with Crippen LogP contribution in [0.25, 0.3) is 0 Å². The molecule has 1 aliphatic heterocycles. The van der Waals surface area contributed by atoms with Crippen LogP contribution in [0.4, 0.5) is 52.7 Å². The van der Waals surface area contributed by atoms with E-state index in [2.05, 4.69) is 4.99 Å². The van der Waals surface area contributed by atoms with Crippen LogP contribution in [0.3, 0.4) is 0 Å². The molecule has 2 aromatic carbocycles. The number of benzene rings is 2. The van der Waals surface area contributed by atoms with E-state index in [1.54, 1.807) is 0 Å². The van der Waals surface area contributed by atoms with Gasteiger partial charge in [-0.05, 0) is 72.6 Å². The Morgan fingerprint density at radius 2 is 1.10 bits per heavy atom. The molecule has 0 spiro atoms. The average molecular weight is 633 g/mol. The highest BCUT2D eigenvalue weighted by molar-refractivity contribution is 7.76. The number of allylic oxidation sites excluding steroid dienone is 2. The van der Waals surface area contributed by atoms with E-state index < -0.39 is 65.5 Å². The molecule has 1 atom stereocenters. The summed E-state index contributed by atoms with van der Waals surface area (Å²) in [7, 11) is -2.83. The van der Waals surface area contributed by atoms with E-state index in [9.17, 15) is 52.7 Å². The summed E-state index contributed by atoms with van der Waals surface area (Å²) in [6.45, 7) is 3.71. The topological polar surface area (TPSA) is 21.6 Å². The van der Waals surface area contributed by atoms with E-state index in [1.807, 2.05) is 13.8 Å². The van der Waals surface area contributed by atoms with Gasteiger partial charge in [0.1, 0.15) is 6.61 Å². The first kappa shape index (κ1) is 31.9. The van der Waals surface area contributed by atoms with Gasteiger partial charge in [-0.15, -0.1) is 0 Å². The maximum Gasteiger partial charge on any atom is 0.416 e. The molecule has 0 aromatic heterocycles. The smallest absolute Gasteiger partial charge is 0.416 e. The maximum atomic E-state index is 13.7. The van der Waals surface area contributed by atoms with Gasteiger partial charge in [-0.3, -0.25) is 0 Å². The molecule has 0 fully saturated rings. The average Bonchev–Trinajstić information content (AvgIpc) is 3.52. The van der Waals surface area contributed by atoms with E-state index in [1.165, 1.54) is 12.2 Å². The highest BCUT2D eigenvalue weighted by atomic mass is 31.1. The summed E-state index contributed by atoms with van der Waals surface area (Å²) < 4.78 is 170. The van der Waals surface area contributed by atoms with Crippen LogP contribution in [0.5, 0.6) is 0 Å². The molecule has 1 heterocycles. The monoisotopic (exact) mass is 633 g/mol. The number of halogens is 12. The highest BCUT2D eigenvalue weighted by Crippen LogP contribution is 2.52. The van der Waals surface area contributed by atoms with Crippen LogP contribution < -0.4 is 10.6 Å². The number of rotatable bonds is 5. The summed E-state index contributed by atoms with van der Waals surface area (Å²) in [5, 5.41) is -1.49. The first-order valence-electron chi connectivity index (χ1n) is 12.2. The molecule has 0 radical (unpaired) electrons. The van der Waals surface area contributed by atoms with E-state index in [4.69, 9.17) is 4.74 Å². The van der Waals surface area contributed by atoms with Gasteiger partial charge in [0.25, 0.3) is 0 Å². The van der Waals surface area contributed by atoms with Crippen molar-refractivity contribution in [2.24, 2.45) is 10.9 Å². The summed E-state index contributed by atoms with van der Waals surface area (Å²) in [4.78, 5) is 4.39. The van der Waals surface area contributed by atoms with Gasteiger partial charge in [0.2, 0.25) is 5.90 Å². The second kappa shape index (κ2) is 10.9. The van der Waals surface area contributed by atoms with E-state index in [0.717, 1.165) is 0 Å². The van der Waals surface area contributed by atoms with Gasteiger partial charge < -0.3 is 4.74 Å². The lowest BCUT2D eigenvalue weighted by Gasteiger charge is -2.26. The molecule has 0 saturated heterocycles. The Kier molecular flexibility index (Phi) is 8.29. The molecule has 42 heavy (non-hydrogen) atoms. The van der Waals surface area contributed by atoms with Crippen molar-refractivity contribution in [1.29, 1.82) is 0 Å². The van der Waals surface area contributed by atoms with Crippen LogP contribution in [0.1, 0.15) is 42.5 Å². The van der Waals surface area contributed by atoms with Gasteiger partial charge in [0, 0.05) is 5.57 Å². The zero-order valence-corrected chi connectivity index (χ0v) is 22.4. The Morgan fingerprint density at radius 3 is 1.43 bits per heavy atom. The zero-order valence-electron chi connectivity index (χ0n) is 21.5. The third-order valence-corrected chi connectivity index (χ3v) is 9.02. The van der Waals surface area contributed by atoms with E-state index >= 15 is 0 Å². The van der Waals surface area contributed by atoms with Crippen LogP contribution in [0.15, 0.2) is 64.4 Å². The quantitative estimate of drug-likeness (QED) is 0.238. The molecule has 0 saturated carbocycles. The van der Waals surface area contributed by atoms with Crippen molar-refractivity contribution in [3.05, 3.63) is 81.7 Å². The fourth-order valence-electron chi connectivity index (χ4n) is 4.38. The standard InChI is InChI=1S/C27H20F12NOP/c1-13(2)21-12-41-23(40-21)20-4-3-5-22(20)42(18-8-14(24(28,29)30)6-15(9-18)25(31,32)33)19-10-16(26(34,35)36)7-17(11-19)27(37,38)39/h3-4,6-11,13,21H,5,12H2,1-2H3/t21-/m1/s1. The van der Waals surface area contributed by atoms with E-state index in [0.29, 0.717) is 24.3 Å². The number of aliphatic imine (C=N–C) groups is 1. The molecule has 228 valence electrons. The van der Waals surface area contributed by atoms with Crippen LogP contribution in [0, 0.1) is 5.92 Å². The van der Waals surface area contributed by atoms with Crippen molar-refractivity contribution in [1.82, 2.24) is 0 Å². The lowest BCUT2D eigenvalue weighted by Crippen LogP contribution is -2.23. The second-order valence-corrected chi connectivity index (χ2v) is 12.1. The molecular formula is C27H20F12NOP. The van der Waals surface area contributed by atoms with Crippen molar-refractivity contribution >= 4 is 24.4 Å². The third-order valence-electron chi connectivity index (χ3n) is 6.51. The molecule has 0 amide bonds. The Hall–Kier alpha value is -3.02. The van der Waals surface area contributed by atoms with Gasteiger partial charge in [0.05, 0.1) is 28.3 Å². The first-order valence-corrected chi connectivity index (χ1v) is 13.5. The van der Waals surface area contributed by atoms with Gasteiger partial charge >= 0.3 is 24.7 Å². The molecule has 2 aliphatic rings. The fourth-order valence-corrected chi connectivity index (χ4v) is 7.07. The highest BCUT2D eigenvalue weighted by Gasteiger charge is 2.41. The number of hydrogen-bond donors (Lipinski definition) is 0. The Labute approximate surface area is 232 Å². The lowest BCUT2D eigenvalue weighted by atomic mass is 10.1. The summed E-state index contributed by atoms with van der Waals surface area (Å²) in [5.74, 6) is -0.0787. The number of nitrogens with zero attached hydrogens (tertiary/aromatic N) is 1. The third kappa shape index (κ3) is 6.79. The van der Waals surface area contributed by atoms with Crippen molar-refractivity contribution < 1.29 is 57.4 Å². The number of ether oxygens (including phenoxy) is 1. The molecule has 0 N–H and O–H groups in total. The van der Waals surface area contributed by atoms with E-state index in [-0.39, 0.29) is 53.9 Å². The molecule has 15 heteroatoms. The Bertz CT molecular complexity index is 1300. The second-order valence-electron chi connectivity index (χ2n) is 9.89. The summed E-state index contributed by atoms with van der Waals surface area (Å²) in [6, 6.07) is 0.604. The predicted molar refractivity (Wildman–Crippen MR) is 132 cm³/mol. The minimum absolute atomic E-state index is 0.00643. The van der Waals surface area contributed by atoms with Gasteiger partial charge in [0.15, 0.2) is 0 Å². The Balaban J connectivity index is 2.08. The first-order chi connectivity index (χ1) is 19.2. The Morgan fingerprint density at radius 1 is 0.690 bits per heavy atom. The van der Waals surface area contributed by atoms with Gasteiger partial charge in [-0.25, -0.2) is 4.99 Å². The molecular weight excluding hydrogens is 613 g/mol. The molecule has 0 unspecified atom stereocenters. The molecule has 2 aromatic rings. The SMILES string of the molecule is CC(C)[C@H]1COC(C2=C(P(c3cc(C(F)(F)F)cc(C(F)(F)F)c3)c3cc(C(F)(F)F)cc(C(F)(F)F)c3)CC=C2)=N1. The minimum Gasteiger partial charge on any atom is -0.475 e. The number of hydrogen-bond acceptors (Lipinski definition) is 2. The largest absolute Gasteiger partial charge is 0.475 e. The molecule has 1 aliphatic carbocycles. The summed E-state index contributed by atoms with van der Waals surface area (Å²) in [5.41, 5.74) is -6.95. The van der Waals surface area contributed by atoms with Gasteiger partial charge in [-0.2, -0.15) is 52.7 Å². The van der Waals surface area contributed by atoms with Crippen LogP contribution >= 0.6 is 7.92 Å². The van der Waals surface area contributed by atoms with Crippen molar-refractivity contribution in [2.45, 2.75) is 51.0 Å².